The van der Waals surface area contributed by atoms with E-state index in [2.05, 4.69) is 20.6 Å². The highest BCUT2D eigenvalue weighted by atomic mass is 35.5. The lowest BCUT2D eigenvalue weighted by molar-refractivity contribution is -0.138. The van der Waals surface area contributed by atoms with Crippen LogP contribution >= 0.6 is 22.9 Å². The van der Waals surface area contributed by atoms with Crippen molar-refractivity contribution in [1.29, 1.82) is 0 Å². The van der Waals surface area contributed by atoms with Crippen LogP contribution in [0.1, 0.15) is 56.5 Å². The van der Waals surface area contributed by atoms with Crippen molar-refractivity contribution in [2.24, 2.45) is 0 Å². The third-order valence-electron chi connectivity index (χ3n) is 6.59. The molecular formula is C24H26ClN5O4S. The molecule has 5 rings (SSSR count). The van der Waals surface area contributed by atoms with Crippen LogP contribution in [0.3, 0.4) is 0 Å². The van der Waals surface area contributed by atoms with Gasteiger partial charge >= 0.3 is 5.97 Å². The quantitative estimate of drug-likeness (QED) is 0.399. The molecule has 184 valence electrons. The average molecular weight is 516 g/mol. The molecule has 0 bridgehead atoms. The summed E-state index contributed by atoms with van der Waals surface area (Å²) in [6.07, 6.45) is 4.13. The van der Waals surface area contributed by atoms with E-state index in [4.69, 9.17) is 16.7 Å². The van der Waals surface area contributed by atoms with E-state index in [1.807, 2.05) is 17.0 Å². The molecule has 9 nitrogen and oxygen atoms in total. The lowest BCUT2D eigenvalue weighted by atomic mass is 9.90. The molecule has 2 aliphatic rings. The number of amides is 2. The SMILES string of the molecule is O=C(O)CN1CCc2nc(C(=O)N[C@@H]3CCCC[C@@H]3NC(=O)c3cc4cc(Cl)ccc4[nH]3)sc2C1. The van der Waals surface area contributed by atoms with Crippen LogP contribution in [-0.2, 0) is 17.8 Å². The molecule has 4 N–H and O–H groups in total. The number of rotatable bonds is 6. The minimum absolute atomic E-state index is 0.0221. The van der Waals surface area contributed by atoms with E-state index < -0.39 is 5.97 Å². The standard InChI is InChI=1S/C24H26ClN5O4S/c25-14-5-6-15-13(9-14)10-19(26-15)22(33)27-16-3-1-2-4-17(16)28-23(34)24-29-18-7-8-30(12-21(31)32)11-20(18)35-24/h5-6,9-10,16-17,26H,1-4,7-8,11-12H2,(H,27,33)(H,28,34)(H,31,32)/t16-,17+/m0/s1. The zero-order valence-electron chi connectivity index (χ0n) is 19.0. The molecule has 3 aromatic rings. The minimum Gasteiger partial charge on any atom is -0.480 e. The second kappa shape index (κ2) is 9.96. The van der Waals surface area contributed by atoms with Gasteiger partial charge in [-0.3, -0.25) is 19.3 Å². The van der Waals surface area contributed by atoms with Gasteiger partial charge < -0.3 is 20.7 Å². The normalized spacial score (nSPS) is 20.4. The van der Waals surface area contributed by atoms with Crippen molar-refractivity contribution in [3.8, 4) is 0 Å². The summed E-state index contributed by atoms with van der Waals surface area (Å²) in [5.74, 6) is -1.33. The fourth-order valence-corrected chi connectivity index (χ4v) is 6.08. The van der Waals surface area contributed by atoms with Gasteiger partial charge in [-0.15, -0.1) is 11.3 Å². The molecule has 0 radical (unpaired) electrons. The van der Waals surface area contributed by atoms with Gasteiger partial charge in [-0.05, 0) is 37.1 Å². The van der Waals surface area contributed by atoms with Crippen molar-refractivity contribution < 1.29 is 19.5 Å². The number of nitrogens with zero attached hydrogens (tertiary/aromatic N) is 2. The Hall–Kier alpha value is -2.95. The zero-order chi connectivity index (χ0) is 24.5. The van der Waals surface area contributed by atoms with E-state index in [0.717, 1.165) is 47.2 Å². The molecule has 0 saturated heterocycles. The fraction of sp³-hybridized carbons (Fsp3) is 0.417. The molecule has 3 heterocycles. The molecule has 1 saturated carbocycles. The second-order valence-corrected chi connectivity index (χ2v) is 10.6. The van der Waals surface area contributed by atoms with Crippen molar-refractivity contribution in [3.05, 3.63) is 50.6 Å². The number of thiazole rings is 1. The van der Waals surface area contributed by atoms with E-state index in [9.17, 15) is 14.4 Å². The maximum absolute atomic E-state index is 13.0. The highest BCUT2D eigenvalue weighted by Crippen LogP contribution is 2.26. The number of benzene rings is 1. The lowest BCUT2D eigenvalue weighted by Crippen LogP contribution is -2.53. The molecule has 0 unspecified atom stereocenters. The first-order chi connectivity index (χ1) is 16.9. The highest BCUT2D eigenvalue weighted by Gasteiger charge is 2.30. The molecule has 1 aromatic carbocycles. The predicted octanol–water partition coefficient (Wildman–Crippen LogP) is 3.19. The number of aromatic nitrogens is 2. The smallest absolute Gasteiger partial charge is 0.317 e. The molecule has 2 amide bonds. The van der Waals surface area contributed by atoms with E-state index in [-0.39, 0.29) is 30.4 Å². The van der Waals surface area contributed by atoms with E-state index >= 15 is 0 Å². The lowest BCUT2D eigenvalue weighted by Gasteiger charge is -2.32. The van der Waals surface area contributed by atoms with Gasteiger partial charge in [-0.25, -0.2) is 4.98 Å². The molecule has 2 atom stereocenters. The number of carboxylic acid groups (broad SMARTS) is 1. The Labute approximate surface area is 210 Å². The molecule has 1 aliphatic heterocycles. The number of hydrogen-bond acceptors (Lipinski definition) is 6. The Morgan fingerprint density at radius 3 is 2.63 bits per heavy atom. The molecule has 11 heteroatoms. The van der Waals surface area contributed by atoms with Gasteiger partial charge in [0.2, 0.25) is 0 Å². The Balaban J connectivity index is 1.24. The Bertz CT molecular complexity index is 1290. The number of fused-ring (bicyclic) bond motifs is 2. The molecule has 1 fully saturated rings. The van der Waals surface area contributed by atoms with Gasteiger partial charge in [0.1, 0.15) is 5.69 Å². The van der Waals surface area contributed by atoms with Gasteiger partial charge in [-0.2, -0.15) is 0 Å². The number of nitrogens with one attached hydrogen (secondary N) is 3. The van der Waals surface area contributed by atoms with Gasteiger partial charge in [0.05, 0.1) is 12.2 Å². The Morgan fingerprint density at radius 2 is 1.89 bits per heavy atom. The number of hydrogen-bond donors (Lipinski definition) is 4. The molecular weight excluding hydrogens is 490 g/mol. The van der Waals surface area contributed by atoms with Crippen molar-refractivity contribution in [2.45, 2.75) is 50.7 Å². The third kappa shape index (κ3) is 5.34. The van der Waals surface area contributed by atoms with E-state index in [1.165, 1.54) is 11.3 Å². The van der Waals surface area contributed by atoms with Crippen LogP contribution in [-0.4, -0.2) is 62.9 Å². The summed E-state index contributed by atoms with van der Waals surface area (Å²) < 4.78 is 0. The largest absolute Gasteiger partial charge is 0.480 e. The number of H-pyrrole nitrogens is 1. The predicted molar refractivity (Wildman–Crippen MR) is 133 cm³/mol. The molecule has 1 aliphatic carbocycles. The third-order valence-corrected chi connectivity index (χ3v) is 7.91. The Kier molecular flexibility index (Phi) is 6.77. The van der Waals surface area contributed by atoms with Crippen LogP contribution < -0.4 is 10.6 Å². The first-order valence-corrected chi connectivity index (χ1v) is 12.9. The second-order valence-electron chi connectivity index (χ2n) is 9.10. The summed E-state index contributed by atoms with van der Waals surface area (Å²) in [7, 11) is 0. The van der Waals surface area contributed by atoms with Crippen LogP contribution in [0.2, 0.25) is 5.02 Å². The summed E-state index contributed by atoms with van der Waals surface area (Å²) in [6, 6.07) is 6.82. The maximum Gasteiger partial charge on any atom is 0.317 e. The summed E-state index contributed by atoms with van der Waals surface area (Å²) in [6.45, 7) is 1.08. The van der Waals surface area contributed by atoms with Crippen LogP contribution in [0.25, 0.3) is 10.9 Å². The van der Waals surface area contributed by atoms with Crippen LogP contribution in [0.4, 0.5) is 0 Å². The number of aliphatic carboxylic acids is 1. The van der Waals surface area contributed by atoms with Crippen LogP contribution in [0, 0.1) is 0 Å². The van der Waals surface area contributed by atoms with Gasteiger partial charge in [-0.1, -0.05) is 24.4 Å². The number of carbonyl (C=O) groups excluding carboxylic acids is 2. The topological polar surface area (TPSA) is 127 Å². The summed E-state index contributed by atoms with van der Waals surface area (Å²) in [5.41, 5.74) is 2.16. The molecule has 35 heavy (non-hydrogen) atoms. The zero-order valence-corrected chi connectivity index (χ0v) is 20.5. The van der Waals surface area contributed by atoms with Crippen LogP contribution in [0.15, 0.2) is 24.3 Å². The fourth-order valence-electron chi connectivity index (χ4n) is 4.85. The number of aromatic amines is 1. The molecule has 0 spiro atoms. The van der Waals surface area contributed by atoms with Gasteiger partial charge in [0.15, 0.2) is 5.01 Å². The number of carbonyl (C=O) groups is 3. The van der Waals surface area contributed by atoms with Crippen molar-refractivity contribution in [2.75, 3.05) is 13.1 Å². The highest BCUT2D eigenvalue weighted by molar-refractivity contribution is 7.13. The number of halogens is 1. The Morgan fingerprint density at radius 1 is 1.14 bits per heavy atom. The average Bonchev–Trinajstić information content (AvgIpc) is 3.43. The first-order valence-electron chi connectivity index (χ1n) is 11.7. The van der Waals surface area contributed by atoms with Gasteiger partial charge in [0, 0.05) is 52.4 Å². The summed E-state index contributed by atoms with van der Waals surface area (Å²) in [4.78, 5) is 47.5. The van der Waals surface area contributed by atoms with Crippen molar-refractivity contribution in [1.82, 2.24) is 25.5 Å². The van der Waals surface area contributed by atoms with E-state index in [1.54, 1.807) is 12.1 Å². The van der Waals surface area contributed by atoms with E-state index in [0.29, 0.717) is 35.2 Å². The number of carboxylic acids is 1. The van der Waals surface area contributed by atoms with Gasteiger partial charge in [0.25, 0.3) is 11.8 Å². The van der Waals surface area contributed by atoms with Crippen molar-refractivity contribution >= 4 is 51.6 Å². The first kappa shape index (κ1) is 23.8. The minimum atomic E-state index is -0.863. The summed E-state index contributed by atoms with van der Waals surface area (Å²) in [5, 5.41) is 17.1. The van der Waals surface area contributed by atoms with Crippen LogP contribution in [0.5, 0.6) is 0 Å². The van der Waals surface area contributed by atoms with Crippen molar-refractivity contribution in [3.63, 3.8) is 0 Å². The maximum atomic E-state index is 13.0. The summed E-state index contributed by atoms with van der Waals surface area (Å²) >= 11 is 7.37. The molecule has 2 aromatic heterocycles. The monoisotopic (exact) mass is 515 g/mol.